The lowest BCUT2D eigenvalue weighted by atomic mass is 9.82. The Morgan fingerprint density at radius 1 is 1.33 bits per heavy atom. The van der Waals surface area contributed by atoms with Crippen LogP contribution in [0.1, 0.15) is 46.5 Å². The molecule has 1 aliphatic heterocycles. The second-order valence-corrected chi connectivity index (χ2v) is 6.99. The van der Waals surface area contributed by atoms with Crippen molar-refractivity contribution >= 4 is 12.2 Å². The monoisotopic (exact) mass is 300 g/mol. The first kappa shape index (κ1) is 15.9. The van der Waals surface area contributed by atoms with Gasteiger partial charge in [-0.2, -0.15) is 5.06 Å². The van der Waals surface area contributed by atoms with Gasteiger partial charge in [-0.15, -0.1) is 0 Å². The van der Waals surface area contributed by atoms with E-state index in [2.05, 4.69) is 0 Å². The lowest BCUT2D eigenvalue weighted by Gasteiger charge is -2.47. The Bertz CT molecular complexity index is 426. The molecular weight excluding hydrogens is 276 g/mol. The third-order valence-corrected chi connectivity index (χ3v) is 4.02. The zero-order chi connectivity index (χ0) is 15.8. The Balaban J connectivity index is 2.16. The van der Waals surface area contributed by atoms with Gasteiger partial charge in [-0.05, 0) is 33.6 Å². The van der Waals surface area contributed by atoms with E-state index < -0.39 is 29.4 Å². The maximum absolute atomic E-state index is 11.9. The third-order valence-electron chi connectivity index (χ3n) is 4.02. The van der Waals surface area contributed by atoms with Crippen LogP contribution in [0.15, 0.2) is 0 Å². The highest BCUT2D eigenvalue weighted by Crippen LogP contribution is 2.46. The molecule has 120 valence electrons. The first-order valence-electron chi connectivity index (χ1n) is 7.27. The number of carbonyl (C=O) groups excluding carboxylic acids is 2. The zero-order valence-corrected chi connectivity index (χ0v) is 13.1. The molecule has 1 heterocycles. The van der Waals surface area contributed by atoms with Crippen molar-refractivity contribution in [2.45, 2.75) is 58.3 Å². The van der Waals surface area contributed by atoms with Gasteiger partial charge in [-0.25, -0.2) is 9.59 Å². The highest BCUT2D eigenvalue weighted by atomic mass is 16.8. The van der Waals surface area contributed by atoms with Crippen LogP contribution in [0.25, 0.3) is 0 Å². The predicted octanol–water partition coefficient (Wildman–Crippen LogP) is 2.58. The van der Waals surface area contributed by atoms with Crippen LogP contribution in [-0.4, -0.2) is 52.8 Å². The molecular formula is C14H24N2O5. The molecule has 2 aliphatic rings. The molecule has 1 unspecified atom stereocenters. The highest BCUT2D eigenvalue weighted by molar-refractivity contribution is 5.74. The summed E-state index contributed by atoms with van der Waals surface area (Å²) in [5.74, 6) is 0. The largest absolute Gasteiger partial charge is 0.510 e. The lowest BCUT2D eigenvalue weighted by molar-refractivity contribution is -0.234. The number of carbonyl (C=O) groups is 2. The second-order valence-electron chi connectivity index (χ2n) is 6.99. The standard InChI is InChI=1S/C14H24N2O5/c1-13(2,3)21-12(18)20-10-14(7-5-6-8-14)9-15(4)11(17)16(10)19/h10,19H,5-9H2,1-4H3. The molecule has 0 radical (unpaired) electrons. The van der Waals surface area contributed by atoms with E-state index in [9.17, 15) is 14.8 Å². The number of urea groups is 1. The molecule has 1 aliphatic carbocycles. The van der Waals surface area contributed by atoms with E-state index in [0.29, 0.717) is 11.6 Å². The molecule has 2 fully saturated rings. The van der Waals surface area contributed by atoms with E-state index in [-0.39, 0.29) is 0 Å². The van der Waals surface area contributed by atoms with Gasteiger partial charge in [0.2, 0.25) is 6.23 Å². The molecule has 0 aromatic heterocycles. The van der Waals surface area contributed by atoms with Crippen LogP contribution >= 0.6 is 0 Å². The minimum Gasteiger partial charge on any atom is -0.429 e. The van der Waals surface area contributed by atoms with Crippen LogP contribution in [-0.2, 0) is 9.47 Å². The molecule has 7 heteroatoms. The van der Waals surface area contributed by atoms with Crippen molar-refractivity contribution < 1.29 is 24.3 Å². The van der Waals surface area contributed by atoms with Crippen molar-refractivity contribution in [1.82, 2.24) is 9.96 Å². The van der Waals surface area contributed by atoms with Crippen LogP contribution < -0.4 is 0 Å². The summed E-state index contributed by atoms with van der Waals surface area (Å²) >= 11 is 0. The van der Waals surface area contributed by atoms with E-state index in [1.807, 2.05) is 0 Å². The first-order chi connectivity index (χ1) is 9.65. The van der Waals surface area contributed by atoms with E-state index in [1.165, 1.54) is 4.90 Å². The van der Waals surface area contributed by atoms with Crippen molar-refractivity contribution in [1.29, 1.82) is 0 Å². The third kappa shape index (κ3) is 3.23. The minimum atomic E-state index is -0.987. The SMILES string of the molecule is CN1CC2(CCCC2)C(OC(=O)OC(C)(C)C)N(O)C1=O. The van der Waals surface area contributed by atoms with Gasteiger partial charge >= 0.3 is 12.2 Å². The average Bonchev–Trinajstić information content (AvgIpc) is 2.79. The molecule has 1 atom stereocenters. The molecule has 1 saturated heterocycles. The number of hydroxylamine groups is 2. The summed E-state index contributed by atoms with van der Waals surface area (Å²) in [4.78, 5) is 25.3. The van der Waals surface area contributed by atoms with Gasteiger partial charge in [0.05, 0.1) is 0 Å². The number of nitrogens with zero attached hydrogens (tertiary/aromatic N) is 2. The highest BCUT2D eigenvalue weighted by Gasteiger charge is 2.53. The second kappa shape index (κ2) is 5.36. The molecule has 2 rings (SSSR count). The number of hydrogen-bond acceptors (Lipinski definition) is 5. The smallest absolute Gasteiger partial charge is 0.429 e. The van der Waals surface area contributed by atoms with Crippen molar-refractivity contribution in [3.05, 3.63) is 0 Å². The molecule has 7 nitrogen and oxygen atoms in total. The molecule has 0 bridgehead atoms. The van der Waals surface area contributed by atoms with Gasteiger partial charge in [-0.1, -0.05) is 12.8 Å². The van der Waals surface area contributed by atoms with Crippen molar-refractivity contribution in [2.24, 2.45) is 5.41 Å². The fourth-order valence-corrected chi connectivity index (χ4v) is 3.18. The summed E-state index contributed by atoms with van der Waals surface area (Å²) in [5.41, 5.74) is -1.11. The predicted molar refractivity (Wildman–Crippen MR) is 73.7 cm³/mol. The average molecular weight is 300 g/mol. The van der Waals surface area contributed by atoms with Gasteiger partial charge < -0.3 is 14.4 Å². The normalized spacial score (nSPS) is 25.4. The van der Waals surface area contributed by atoms with Crippen LogP contribution in [0.5, 0.6) is 0 Å². The van der Waals surface area contributed by atoms with Gasteiger partial charge in [-0.3, -0.25) is 5.21 Å². The fraction of sp³-hybridized carbons (Fsp3) is 0.857. The van der Waals surface area contributed by atoms with Crippen LogP contribution in [0.3, 0.4) is 0 Å². The fourth-order valence-electron chi connectivity index (χ4n) is 3.18. The zero-order valence-electron chi connectivity index (χ0n) is 13.1. The van der Waals surface area contributed by atoms with Gasteiger partial charge in [0, 0.05) is 19.0 Å². The topological polar surface area (TPSA) is 79.3 Å². The van der Waals surface area contributed by atoms with Crippen LogP contribution in [0.4, 0.5) is 9.59 Å². The molecule has 0 aromatic rings. The van der Waals surface area contributed by atoms with E-state index >= 15 is 0 Å². The van der Waals surface area contributed by atoms with Crippen molar-refractivity contribution in [3.63, 3.8) is 0 Å². The maximum Gasteiger partial charge on any atom is 0.510 e. The number of amides is 2. The van der Waals surface area contributed by atoms with Gasteiger partial charge in [0.1, 0.15) is 5.60 Å². The lowest BCUT2D eigenvalue weighted by Crippen LogP contribution is -2.62. The maximum atomic E-state index is 11.9. The molecule has 2 amide bonds. The molecule has 1 saturated carbocycles. The Morgan fingerprint density at radius 2 is 1.90 bits per heavy atom. The summed E-state index contributed by atoms with van der Waals surface area (Å²) < 4.78 is 10.4. The molecule has 21 heavy (non-hydrogen) atoms. The quantitative estimate of drug-likeness (QED) is 0.595. The number of rotatable bonds is 1. The van der Waals surface area contributed by atoms with Crippen molar-refractivity contribution in [3.8, 4) is 0 Å². The first-order valence-corrected chi connectivity index (χ1v) is 7.27. The van der Waals surface area contributed by atoms with Gasteiger partial charge in [0.15, 0.2) is 0 Å². The summed E-state index contributed by atoms with van der Waals surface area (Å²) in [5, 5.41) is 10.6. The van der Waals surface area contributed by atoms with Gasteiger partial charge in [0.25, 0.3) is 0 Å². The number of ether oxygens (including phenoxy) is 2. The molecule has 1 spiro atoms. The van der Waals surface area contributed by atoms with Crippen LogP contribution in [0, 0.1) is 5.41 Å². The van der Waals surface area contributed by atoms with E-state index in [1.54, 1.807) is 27.8 Å². The van der Waals surface area contributed by atoms with Crippen LogP contribution in [0.2, 0.25) is 0 Å². The summed E-state index contributed by atoms with van der Waals surface area (Å²) in [6.07, 6.45) is 1.73. The molecule has 0 aromatic carbocycles. The Kier molecular flexibility index (Phi) is 4.06. The van der Waals surface area contributed by atoms with E-state index in [4.69, 9.17) is 9.47 Å². The molecule has 1 N–H and O–H groups in total. The minimum absolute atomic E-state index is 0.422. The number of hydrogen-bond donors (Lipinski definition) is 1. The summed E-state index contributed by atoms with van der Waals surface area (Å²) in [7, 11) is 1.63. The Hall–Kier alpha value is -1.50. The summed E-state index contributed by atoms with van der Waals surface area (Å²) in [6.45, 7) is 5.67. The summed E-state index contributed by atoms with van der Waals surface area (Å²) in [6, 6.07) is -0.568. The van der Waals surface area contributed by atoms with Crippen molar-refractivity contribution in [2.75, 3.05) is 13.6 Å². The Labute approximate surface area is 124 Å². The van der Waals surface area contributed by atoms with E-state index in [0.717, 1.165) is 25.7 Å². The Morgan fingerprint density at radius 3 is 2.43 bits per heavy atom.